The van der Waals surface area contributed by atoms with E-state index < -0.39 is 12.0 Å². The smallest absolute Gasteiger partial charge is 0.185 e. The summed E-state index contributed by atoms with van der Waals surface area (Å²) in [5, 5.41) is 30.1. The number of aliphatic hydroxyl groups is 3. The molecule has 2 atom stereocenters. The zero-order valence-corrected chi connectivity index (χ0v) is 13.3. The van der Waals surface area contributed by atoms with Gasteiger partial charge in [0.05, 0.1) is 19.1 Å². The third-order valence-corrected chi connectivity index (χ3v) is 4.04. The van der Waals surface area contributed by atoms with Gasteiger partial charge in [-0.25, -0.2) is 0 Å². The molecule has 1 aromatic carbocycles. The second-order valence-corrected chi connectivity index (χ2v) is 5.46. The van der Waals surface area contributed by atoms with Crippen molar-refractivity contribution >= 4 is 5.78 Å². The minimum Gasteiger partial charge on any atom is -0.511 e. The molecule has 3 N–H and O–H groups in total. The number of ether oxygens (including phenoxy) is 1. The Kier molecular flexibility index (Phi) is 4.91. The number of carbonyl (C=O) groups excluding carboxylic acids is 1. The standard InChI is InChI=1S/C18H20O5/c1-10-16(20)11(2)18(22)14(17(10)21)8-9-15(19)12-4-6-13(23-3)7-5-12/h4-9,14,17,20-22H,1-3H3. The van der Waals surface area contributed by atoms with Crippen LogP contribution in [0.5, 0.6) is 5.75 Å². The van der Waals surface area contributed by atoms with E-state index in [-0.39, 0.29) is 17.3 Å². The quantitative estimate of drug-likeness (QED) is 0.587. The minimum atomic E-state index is -1.07. The fraction of sp³-hybridized carbons (Fsp3) is 0.278. The number of methoxy groups -OCH3 is 1. The lowest BCUT2D eigenvalue weighted by Gasteiger charge is -2.27. The van der Waals surface area contributed by atoms with Crippen molar-refractivity contribution in [2.24, 2.45) is 5.92 Å². The third kappa shape index (κ3) is 3.29. The lowest BCUT2D eigenvalue weighted by molar-refractivity contribution is 0.104. The van der Waals surface area contributed by atoms with Gasteiger partial charge >= 0.3 is 0 Å². The number of carbonyl (C=O) groups is 1. The summed E-state index contributed by atoms with van der Waals surface area (Å²) >= 11 is 0. The number of hydrogen-bond donors (Lipinski definition) is 3. The molecule has 1 aromatic rings. The van der Waals surface area contributed by atoms with Crippen LogP contribution in [0.4, 0.5) is 0 Å². The summed E-state index contributed by atoms with van der Waals surface area (Å²) in [4.78, 5) is 12.2. The monoisotopic (exact) mass is 316 g/mol. The van der Waals surface area contributed by atoms with Gasteiger partial charge in [-0.3, -0.25) is 4.79 Å². The third-order valence-electron chi connectivity index (χ3n) is 4.04. The van der Waals surface area contributed by atoms with E-state index in [4.69, 9.17) is 4.74 Å². The zero-order chi connectivity index (χ0) is 17.1. The first-order valence-corrected chi connectivity index (χ1v) is 7.21. The number of aliphatic hydroxyl groups excluding tert-OH is 3. The predicted octanol–water partition coefficient (Wildman–Crippen LogP) is 3.09. The Labute approximate surface area is 134 Å². The van der Waals surface area contributed by atoms with Gasteiger partial charge in [0, 0.05) is 11.1 Å². The molecule has 2 unspecified atom stereocenters. The summed E-state index contributed by atoms with van der Waals surface area (Å²) in [7, 11) is 1.55. The molecule has 122 valence electrons. The van der Waals surface area contributed by atoms with Crippen molar-refractivity contribution in [3.05, 3.63) is 64.6 Å². The van der Waals surface area contributed by atoms with Gasteiger partial charge in [0.1, 0.15) is 17.3 Å². The van der Waals surface area contributed by atoms with E-state index in [1.807, 2.05) is 0 Å². The Morgan fingerprint density at radius 3 is 2.35 bits per heavy atom. The van der Waals surface area contributed by atoms with E-state index in [0.717, 1.165) is 0 Å². The van der Waals surface area contributed by atoms with E-state index in [0.29, 0.717) is 22.5 Å². The second kappa shape index (κ2) is 6.71. The van der Waals surface area contributed by atoms with Crippen LogP contribution >= 0.6 is 0 Å². The highest BCUT2D eigenvalue weighted by molar-refractivity contribution is 6.04. The van der Waals surface area contributed by atoms with Gasteiger partial charge in [-0.05, 0) is 49.8 Å². The maximum atomic E-state index is 12.2. The molecule has 0 spiro atoms. The van der Waals surface area contributed by atoms with Crippen LogP contribution in [0.15, 0.2) is 59.1 Å². The summed E-state index contributed by atoms with van der Waals surface area (Å²) in [5.41, 5.74) is 1.15. The summed E-state index contributed by atoms with van der Waals surface area (Å²) < 4.78 is 5.04. The Balaban J connectivity index is 2.20. The largest absolute Gasteiger partial charge is 0.511 e. The Morgan fingerprint density at radius 1 is 1.17 bits per heavy atom. The molecule has 0 aromatic heterocycles. The SMILES string of the molecule is COc1ccc(C(=O)C=CC2C(O)=C(C)C(O)=C(C)C2O)cc1. The van der Waals surface area contributed by atoms with E-state index in [1.54, 1.807) is 45.2 Å². The van der Waals surface area contributed by atoms with Gasteiger partial charge < -0.3 is 20.1 Å². The van der Waals surface area contributed by atoms with Crippen LogP contribution in [0.2, 0.25) is 0 Å². The summed E-state index contributed by atoms with van der Waals surface area (Å²) in [6.45, 7) is 3.15. The average molecular weight is 316 g/mol. The predicted molar refractivity (Wildman–Crippen MR) is 86.6 cm³/mol. The number of ketones is 1. The molecule has 0 saturated carbocycles. The van der Waals surface area contributed by atoms with E-state index in [9.17, 15) is 20.1 Å². The van der Waals surface area contributed by atoms with Crippen molar-refractivity contribution < 1.29 is 24.9 Å². The summed E-state index contributed by atoms with van der Waals surface area (Å²) in [6.07, 6.45) is 1.69. The van der Waals surface area contributed by atoms with Crippen LogP contribution in [-0.4, -0.2) is 34.3 Å². The number of rotatable bonds is 4. The molecule has 0 saturated heterocycles. The fourth-order valence-electron chi connectivity index (χ4n) is 2.46. The van der Waals surface area contributed by atoms with E-state index in [1.165, 1.54) is 12.2 Å². The van der Waals surface area contributed by atoms with Gasteiger partial charge in [0.25, 0.3) is 0 Å². The minimum absolute atomic E-state index is 0.110. The van der Waals surface area contributed by atoms with Crippen LogP contribution in [0.1, 0.15) is 24.2 Å². The Hall–Kier alpha value is -2.53. The van der Waals surface area contributed by atoms with Crippen LogP contribution in [0.3, 0.4) is 0 Å². The first kappa shape index (κ1) is 16.8. The molecule has 1 aliphatic rings. The molecular formula is C18H20O5. The van der Waals surface area contributed by atoms with Gasteiger partial charge in [-0.15, -0.1) is 0 Å². The molecule has 0 amide bonds. The fourth-order valence-corrected chi connectivity index (χ4v) is 2.46. The van der Waals surface area contributed by atoms with Gasteiger partial charge in [0.15, 0.2) is 5.78 Å². The topological polar surface area (TPSA) is 87.0 Å². The van der Waals surface area contributed by atoms with Gasteiger partial charge in [-0.1, -0.05) is 6.08 Å². The van der Waals surface area contributed by atoms with Crippen molar-refractivity contribution in [2.45, 2.75) is 20.0 Å². The molecule has 0 heterocycles. The second-order valence-electron chi connectivity index (χ2n) is 5.46. The molecule has 0 aliphatic heterocycles. The van der Waals surface area contributed by atoms with Gasteiger partial charge in [-0.2, -0.15) is 0 Å². The van der Waals surface area contributed by atoms with E-state index >= 15 is 0 Å². The van der Waals surface area contributed by atoms with Crippen molar-refractivity contribution in [1.29, 1.82) is 0 Å². The number of allylic oxidation sites excluding steroid dienone is 2. The molecule has 23 heavy (non-hydrogen) atoms. The van der Waals surface area contributed by atoms with Crippen LogP contribution in [0.25, 0.3) is 0 Å². The lowest BCUT2D eigenvalue weighted by Crippen LogP contribution is -2.28. The molecule has 0 fully saturated rings. The normalized spacial score (nSPS) is 21.9. The molecule has 5 nitrogen and oxygen atoms in total. The van der Waals surface area contributed by atoms with Crippen molar-refractivity contribution in [1.82, 2.24) is 0 Å². The van der Waals surface area contributed by atoms with Crippen molar-refractivity contribution in [3.8, 4) is 5.75 Å². The van der Waals surface area contributed by atoms with Gasteiger partial charge in [0.2, 0.25) is 0 Å². The molecule has 1 aliphatic carbocycles. The molecular weight excluding hydrogens is 296 g/mol. The highest BCUT2D eigenvalue weighted by atomic mass is 16.5. The maximum Gasteiger partial charge on any atom is 0.185 e. The van der Waals surface area contributed by atoms with Crippen molar-refractivity contribution in [2.75, 3.05) is 7.11 Å². The van der Waals surface area contributed by atoms with Crippen LogP contribution in [-0.2, 0) is 0 Å². The first-order chi connectivity index (χ1) is 10.9. The Morgan fingerprint density at radius 2 is 1.78 bits per heavy atom. The zero-order valence-electron chi connectivity index (χ0n) is 13.3. The average Bonchev–Trinajstić information content (AvgIpc) is 2.58. The lowest BCUT2D eigenvalue weighted by atomic mass is 9.85. The van der Waals surface area contributed by atoms with Crippen LogP contribution in [0, 0.1) is 5.92 Å². The van der Waals surface area contributed by atoms with Crippen LogP contribution < -0.4 is 4.74 Å². The Bertz CT molecular complexity index is 695. The molecule has 0 radical (unpaired) electrons. The van der Waals surface area contributed by atoms with E-state index in [2.05, 4.69) is 0 Å². The number of benzene rings is 1. The molecule has 5 heteroatoms. The maximum absolute atomic E-state index is 12.2. The number of hydrogen-bond acceptors (Lipinski definition) is 5. The summed E-state index contributed by atoms with van der Waals surface area (Å²) in [5.74, 6) is -0.601. The molecule has 0 bridgehead atoms. The summed E-state index contributed by atoms with van der Waals surface area (Å²) in [6, 6.07) is 6.65. The van der Waals surface area contributed by atoms with Crippen molar-refractivity contribution in [3.63, 3.8) is 0 Å². The molecule has 2 rings (SSSR count). The first-order valence-electron chi connectivity index (χ1n) is 7.21. The highest BCUT2D eigenvalue weighted by Crippen LogP contribution is 2.33. The highest BCUT2D eigenvalue weighted by Gasteiger charge is 2.31.